The largest absolute Gasteiger partial charge is 0.348 e. The van der Waals surface area contributed by atoms with Crippen molar-refractivity contribution in [2.75, 3.05) is 6.54 Å². The maximum atomic E-state index is 13.4. The lowest BCUT2D eigenvalue weighted by Crippen LogP contribution is -2.42. The minimum atomic E-state index is -1.03. The summed E-state index contributed by atoms with van der Waals surface area (Å²) in [5.41, 5.74) is 4.94. The molecule has 0 saturated carbocycles. The van der Waals surface area contributed by atoms with Gasteiger partial charge in [0.15, 0.2) is 5.78 Å². The van der Waals surface area contributed by atoms with Gasteiger partial charge in [-0.2, -0.15) is 0 Å². The number of nitrogens with zero attached hydrogens (tertiary/aromatic N) is 2. The number of allylic oxidation sites excluding steroid dienone is 2. The lowest BCUT2D eigenvalue weighted by atomic mass is 9.92. The van der Waals surface area contributed by atoms with E-state index >= 15 is 0 Å². The number of imide groups is 1. The van der Waals surface area contributed by atoms with E-state index in [9.17, 15) is 14.4 Å². The van der Waals surface area contributed by atoms with E-state index in [1.807, 2.05) is 44.2 Å². The summed E-state index contributed by atoms with van der Waals surface area (Å²) >= 11 is 0. The van der Waals surface area contributed by atoms with E-state index in [1.54, 1.807) is 0 Å². The van der Waals surface area contributed by atoms with Crippen LogP contribution in [-0.2, 0) is 23.3 Å². The fraction of sp³-hybridized carbons (Fsp3) is 0.444. The Balaban J connectivity index is 1.32. The number of urea groups is 1. The molecule has 1 fully saturated rings. The van der Waals surface area contributed by atoms with Gasteiger partial charge in [-0.05, 0) is 76.0 Å². The molecule has 1 spiro atoms. The molecule has 5 rings (SSSR count). The van der Waals surface area contributed by atoms with Gasteiger partial charge in [-0.15, -0.1) is 0 Å². The van der Waals surface area contributed by atoms with Crippen LogP contribution in [0.5, 0.6) is 0 Å². The van der Waals surface area contributed by atoms with E-state index in [4.69, 9.17) is 0 Å². The van der Waals surface area contributed by atoms with Crippen LogP contribution in [0.2, 0.25) is 0 Å². The van der Waals surface area contributed by atoms with Gasteiger partial charge in [0.05, 0.1) is 6.54 Å². The number of amides is 3. The Labute approximate surface area is 194 Å². The number of aromatic nitrogens is 1. The highest BCUT2D eigenvalue weighted by Crippen LogP contribution is 2.41. The van der Waals surface area contributed by atoms with Gasteiger partial charge >= 0.3 is 6.03 Å². The van der Waals surface area contributed by atoms with Gasteiger partial charge in [-0.3, -0.25) is 14.5 Å². The first-order valence-corrected chi connectivity index (χ1v) is 12.0. The maximum Gasteiger partial charge on any atom is 0.325 e. The van der Waals surface area contributed by atoms with E-state index in [2.05, 4.69) is 16.0 Å². The molecule has 1 unspecified atom stereocenters. The summed E-state index contributed by atoms with van der Waals surface area (Å²) in [5.74, 6) is -0.512. The molecule has 3 amide bonds. The molecule has 1 atom stereocenters. The summed E-state index contributed by atoms with van der Waals surface area (Å²) in [5, 5.41) is 2.90. The molecule has 2 heterocycles. The topological polar surface area (TPSA) is 71.4 Å². The standard InChI is InChI=1S/C27H31N3O3/c1-18-16-22(19(2)29(18)15-13-20-8-4-3-5-9-20)24(31)17-30-25(32)27(28-26(30)33)14-12-21-10-6-7-11-23(21)27/h6-8,10-11,16H,3-5,9,12-15,17H2,1-2H3,(H,28,33). The second-order valence-electron chi connectivity index (χ2n) is 9.60. The zero-order valence-corrected chi connectivity index (χ0v) is 19.4. The molecule has 1 aromatic carbocycles. The Morgan fingerprint density at radius 2 is 1.94 bits per heavy atom. The van der Waals surface area contributed by atoms with Gasteiger partial charge in [0.1, 0.15) is 5.54 Å². The third-order valence-corrected chi connectivity index (χ3v) is 7.64. The van der Waals surface area contributed by atoms with Crippen LogP contribution in [-0.4, -0.2) is 33.7 Å². The van der Waals surface area contributed by atoms with Crippen molar-refractivity contribution in [2.45, 2.75) is 70.9 Å². The number of carbonyl (C=O) groups is 3. The van der Waals surface area contributed by atoms with Crippen molar-refractivity contribution >= 4 is 17.7 Å². The number of rotatable bonds is 6. The fourth-order valence-electron chi connectivity index (χ4n) is 5.78. The quantitative estimate of drug-likeness (QED) is 0.402. The van der Waals surface area contributed by atoms with Crippen molar-refractivity contribution < 1.29 is 14.4 Å². The molecular weight excluding hydrogens is 414 g/mol. The van der Waals surface area contributed by atoms with E-state index in [0.29, 0.717) is 12.0 Å². The van der Waals surface area contributed by atoms with Crippen LogP contribution in [0.1, 0.15) is 71.4 Å². The first-order chi connectivity index (χ1) is 15.9. The molecule has 172 valence electrons. The summed E-state index contributed by atoms with van der Waals surface area (Å²) in [6.07, 6.45) is 9.50. The molecule has 6 heteroatoms. The molecule has 0 bridgehead atoms. The van der Waals surface area contributed by atoms with E-state index in [0.717, 1.165) is 46.8 Å². The Hall–Kier alpha value is -3.15. The fourth-order valence-corrected chi connectivity index (χ4v) is 5.78. The minimum Gasteiger partial charge on any atom is -0.348 e. The molecule has 1 saturated heterocycles. The van der Waals surface area contributed by atoms with Crippen molar-refractivity contribution in [3.8, 4) is 0 Å². The predicted octanol–water partition coefficient (Wildman–Crippen LogP) is 4.57. The van der Waals surface area contributed by atoms with Crippen LogP contribution < -0.4 is 5.32 Å². The second kappa shape index (κ2) is 8.32. The van der Waals surface area contributed by atoms with Crippen LogP contribution in [0, 0.1) is 13.8 Å². The normalized spacial score (nSPS) is 22.0. The highest BCUT2D eigenvalue weighted by atomic mass is 16.2. The number of hydrogen-bond acceptors (Lipinski definition) is 3. The number of benzene rings is 1. The number of fused-ring (bicyclic) bond motifs is 2. The van der Waals surface area contributed by atoms with Gasteiger partial charge in [-0.1, -0.05) is 35.9 Å². The molecule has 1 aliphatic heterocycles. The Morgan fingerprint density at radius 1 is 1.12 bits per heavy atom. The monoisotopic (exact) mass is 445 g/mol. The van der Waals surface area contributed by atoms with Gasteiger partial charge in [0, 0.05) is 23.5 Å². The molecular formula is C27H31N3O3. The molecule has 33 heavy (non-hydrogen) atoms. The zero-order chi connectivity index (χ0) is 23.2. The highest BCUT2D eigenvalue weighted by Gasteiger charge is 2.55. The Kier molecular flexibility index (Phi) is 5.47. The van der Waals surface area contributed by atoms with Crippen LogP contribution in [0.3, 0.4) is 0 Å². The number of nitrogens with one attached hydrogen (secondary N) is 1. The van der Waals surface area contributed by atoms with Crippen LogP contribution >= 0.6 is 0 Å². The van der Waals surface area contributed by atoms with Crippen molar-refractivity contribution in [1.82, 2.24) is 14.8 Å². The average Bonchev–Trinajstić information content (AvgIpc) is 3.41. The SMILES string of the molecule is Cc1cc(C(=O)CN2C(=O)NC3(CCc4ccccc43)C2=O)c(C)n1CCC1=CCCCC1. The average molecular weight is 446 g/mol. The maximum absolute atomic E-state index is 13.4. The summed E-state index contributed by atoms with van der Waals surface area (Å²) in [6.45, 7) is 4.58. The molecule has 2 aromatic rings. The molecule has 3 aliphatic rings. The lowest BCUT2D eigenvalue weighted by Gasteiger charge is -2.22. The molecule has 0 radical (unpaired) electrons. The van der Waals surface area contributed by atoms with Gasteiger partial charge in [-0.25, -0.2) is 4.79 Å². The van der Waals surface area contributed by atoms with Crippen molar-refractivity contribution in [2.24, 2.45) is 0 Å². The molecule has 6 nitrogen and oxygen atoms in total. The predicted molar refractivity (Wildman–Crippen MR) is 126 cm³/mol. The molecule has 2 aliphatic carbocycles. The summed E-state index contributed by atoms with van der Waals surface area (Å²) in [6, 6.07) is 9.14. The Morgan fingerprint density at radius 3 is 2.73 bits per heavy atom. The van der Waals surface area contributed by atoms with Crippen LogP contribution in [0.4, 0.5) is 4.79 Å². The Bertz CT molecular complexity index is 1180. The van der Waals surface area contributed by atoms with Crippen molar-refractivity contribution in [3.05, 3.63) is 70.1 Å². The van der Waals surface area contributed by atoms with Crippen LogP contribution in [0.15, 0.2) is 42.0 Å². The first kappa shape index (κ1) is 21.7. The molecule has 1 N–H and O–H groups in total. The van der Waals surface area contributed by atoms with E-state index in [1.165, 1.54) is 31.3 Å². The smallest absolute Gasteiger partial charge is 0.325 e. The summed E-state index contributed by atoms with van der Waals surface area (Å²) < 4.78 is 2.18. The lowest BCUT2D eigenvalue weighted by molar-refractivity contribution is -0.131. The van der Waals surface area contributed by atoms with E-state index in [-0.39, 0.29) is 18.2 Å². The molecule has 1 aromatic heterocycles. The van der Waals surface area contributed by atoms with Gasteiger partial charge < -0.3 is 9.88 Å². The number of ketones is 1. The van der Waals surface area contributed by atoms with Crippen molar-refractivity contribution in [1.29, 1.82) is 0 Å². The number of aryl methyl sites for hydroxylation is 2. The third-order valence-electron chi connectivity index (χ3n) is 7.64. The van der Waals surface area contributed by atoms with E-state index < -0.39 is 11.6 Å². The van der Waals surface area contributed by atoms with Gasteiger partial charge in [0.25, 0.3) is 5.91 Å². The van der Waals surface area contributed by atoms with Crippen LogP contribution in [0.25, 0.3) is 0 Å². The van der Waals surface area contributed by atoms with Gasteiger partial charge in [0.2, 0.25) is 0 Å². The first-order valence-electron chi connectivity index (χ1n) is 12.0. The highest BCUT2D eigenvalue weighted by molar-refractivity contribution is 6.12. The summed E-state index contributed by atoms with van der Waals surface area (Å²) in [4.78, 5) is 40.5. The minimum absolute atomic E-state index is 0.196. The number of Topliss-reactive ketones (excluding diaryl/α,β-unsaturated/α-hetero) is 1. The second-order valence-corrected chi connectivity index (χ2v) is 9.60. The van der Waals surface area contributed by atoms with Crippen molar-refractivity contribution in [3.63, 3.8) is 0 Å². The number of carbonyl (C=O) groups excluding carboxylic acids is 3. The number of hydrogen-bond donors (Lipinski definition) is 1. The third kappa shape index (κ3) is 3.62. The zero-order valence-electron chi connectivity index (χ0n) is 19.4. The summed E-state index contributed by atoms with van der Waals surface area (Å²) in [7, 11) is 0.